The molecule has 3 nitrogen and oxygen atoms in total. The van der Waals surface area contributed by atoms with Crippen molar-refractivity contribution in [1.82, 2.24) is 4.90 Å². The van der Waals surface area contributed by atoms with Gasteiger partial charge in [0.2, 0.25) is 5.91 Å². The van der Waals surface area contributed by atoms with Gasteiger partial charge in [0, 0.05) is 12.1 Å². The third-order valence-electron chi connectivity index (χ3n) is 3.56. The largest absolute Gasteiger partial charge is 0.393 e. The third-order valence-corrected chi connectivity index (χ3v) is 3.85. The molecule has 1 aliphatic rings. The van der Waals surface area contributed by atoms with E-state index in [0.29, 0.717) is 23.5 Å². The maximum atomic E-state index is 12.4. The molecule has 4 heteroatoms. The van der Waals surface area contributed by atoms with Crippen molar-refractivity contribution >= 4 is 23.1 Å². The average Bonchev–Trinajstić information content (AvgIpc) is 2.59. The third kappa shape index (κ3) is 2.54. The van der Waals surface area contributed by atoms with E-state index < -0.39 is 0 Å². The smallest absolute Gasteiger partial charge is 0.232 e. The number of thiocarbonyl (C=S) groups is 1. The highest BCUT2D eigenvalue weighted by molar-refractivity contribution is 7.80. The van der Waals surface area contributed by atoms with E-state index in [0.717, 1.165) is 19.3 Å². The Morgan fingerprint density at radius 1 is 1.50 bits per heavy atom. The van der Waals surface area contributed by atoms with Crippen LogP contribution in [0.2, 0.25) is 0 Å². The monoisotopic (exact) mass is 242 g/mol. The topological polar surface area (TPSA) is 46.3 Å². The van der Waals surface area contributed by atoms with Crippen molar-refractivity contribution < 1.29 is 4.79 Å². The van der Waals surface area contributed by atoms with Crippen molar-refractivity contribution in [1.29, 1.82) is 0 Å². The molecule has 0 bridgehead atoms. The van der Waals surface area contributed by atoms with Crippen molar-refractivity contribution in [3.05, 3.63) is 0 Å². The van der Waals surface area contributed by atoms with Gasteiger partial charge in [-0.25, -0.2) is 0 Å². The van der Waals surface area contributed by atoms with Crippen LogP contribution in [-0.2, 0) is 4.79 Å². The van der Waals surface area contributed by atoms with E-state index in [4.69, 9.17) is 18.0 Å². The molecule has 1 heterocycles. The molecule has 3 atom stereocenters. The minimum absolute atomic E-state index is 0.131. The molecule has 1 saturated heterocycles. The van der Waals surface area contributed by atoms with Gasteiger partial charge in [0.1, 0.15) is 0 Å². The fraction of sp³-hybridized carbons (Fsp3) is 0.833. The van der Waals surface area contributed by atoms with Gasteiger partial charge < -0.3 is 10.6 Å². The number of nitrogens with two attached hydrogens (primary N) is 1. The maximum Gasteiger partial charge on any atom is 0.232 e. The lowest BCUT2D eigenvalue weighted by molar-refractivity contribution is -0.136. The highest BCUT2D eigenvalue weighted by atomic mass is 32.1. The predicted octanol–water partition coefficient (Wildman–Crippen LogP) is 2.09. The van der Waals surface area contributed by atoms with E-state index in [9.17, 15) is 4.79 Å². The van der Waals surface area contributed by atoms with E-state index >= 15 is 0 Å². The summed E-state index contributed by atoms with van der Waals surface area (Å²) in [5.41, 5.74) is 5.63. The zero-order valence-electron chi connectivity index (χ0n) is 10.4. The second kappa shape index (κ2) is 5.62. The molecule has 1 amide bonds. The Morgan fingerprint density at radius 2 is 2.12 bits per heavy atom. The quantitative estimate of drug-likeness (QED) is 0.768. The number of hydrogen-bond acceptors (Lipinski definition) is 2. The predicted molar refractivity (Wildman–Crippen MR) is 70.2 cm³/mol. The lowest BCUT2D eigenvalue weighted by atomic mass is 10.0. The fourth-order valence-electron chi connectivity index (χ4n) is 2.55. The highest BCUT2D eigenvalue weighted by Gasteiger charge is 2.36. The van der Waals surface area contributed by atoms with Crippen LogP contribution in [0, 0.1) is 5.92 Å². The van der Waals surface area contributed by atoms with Crippen LogP contribution in [0.1, 0.15) is 46.5 Å². The van der Waals surface area contributed by atoms with Crippen LogP contribution >= 0.6 is 12.2 Å². The molecule has 2 N–H and O–H groups in total. The number of hydrogen-bond donors (Lipinski definition) is 1. The average molecular weight is 242 g/mol. The summed E-state index contributed by atoms with van der Waals surface area (Å²) in [4.78, 5) is 14.7. The Bertz CT molecular complexity index is 280. The summed E-state index contributed by atoms with van der Waals surface area (Å²) < 4.78 is 0. The summed E-state index contributed by atoms with van der Waals surface area (Å²) in [5.74, 6) is -0.142. The van der Waals surface area contributed by atoms with Gasteiger partial charge in [-0.2, -0.15) is 0 Å². The van der Waals surface area contributed by atoms with Crippen LogP contribution in [-0.4, -0.2) is 27.9 Å². The first-order valence-electron chi connectivity index (χ1n) is 6.14. The molecule has 0 aromatic carbocycles. The Balaban J connectivity index is 2.81. The maximum absolute atomic E-state index is 12.4. The Labute approximate surface area is 103 Å². The number of amides is 1. The molecular formula is C12H22N2OS. The van der Waals surface area contributed by atoms with E-state index in [1.165, 1.54) is 0 Å². The minimum atomic E-state index is -0.274. The van der Waals surface area contributed by atoms with Gasteiger partial charge in [-0.1, -0.05) is 26.1 Å². The van der Waals surface area contributed by atoms with Crippen molar-refractivity contribution in [2.75, 3.05) is 0 Å². The van der Waals surface area contributed by atoms with E-state index in [-0.39, 0.29) is 11.8 Å². The first-order valence-corrected chi connectivity index (χ1v) is 6.55. The van der Waals surface area contributed by atoms with Gasteiger partial charge in [-0.05, 0) is 32.6 Å². The number of nitrogens with zero attached hydrogens (tertiary/aromatic N) is 1. The molecule has 1 rings (SSSR count). The van der Waals surface area contributed by atoms with Crippen LogP contribution in [0.5, 0.6) is 0 Å². The molecule has 0 saturated carbocycles. The molecule has 0 radical (unpaired) electrons. The summed E-state index contributed by atoms with van der Waals surface area (Å²) in [6.45, 7) is 6.20. The Kier molecular flexibility index (Phi) is 4.71. The van der Waals surface area contributed by atoms with Gasteiger partial charge in [-0.3, -0.25) is 4.79 Å². The molecular weight excluding hydrogens is 220 g/mol. The lowest BCUT2D eigenvalue weighted by Gasteiger charge is -2.31. The van der Waals surface area contributed by atoms with Crippen molar-refractivity contribution in [2.45, 2.75) is 58.5 Å². The van der Waals surface area contributed by atoms with Crippen molar-refractivity contribution in [2.24, 2.45) is 11.7 Å². The number of carbonyl (C=O) groups is 1. The summed E-state index contributed by atoms with van der Waals surface area (Å²) in [5, 5.41) is 0. The second-order valence-corrected chi connectivity index (χ2v) is 5.07. The zero-order chi connectivity index (χ0) is 12.3. The van der Waals surface area contributed by atoms with Gasteiger partial charge in [0.15, 0.2) is 0 Å². The van der Waals surface area contributed by atoms with Gasteiger partial charge >= 0.3 is 0 Å². The molecule has 3 unspecified atom stereocenters. The van der Waals surface area contributed by atoms with Crippen molar-refractivity contribution in [3.8, 4) is 0 Å². The SMILES string of the molecule is CCC(C(=O)N1C(C)CCC1CC)C(N)=S. The molecule has 0 aromatic rings. The van der Waals surface area contributed by atoms with Gasteiger partial charge in [0.25, 0.3) is 0 Å². The fourth-order valence-corrected chi connectivity index (χ4v) is 2.81. The molecule has 1 fully saturated rings. The molecule has 16 heavy (non-hydrogen) atoms. The first kappa shape index (κ1) is 13.4. The normalized spacial score (nSPS) is 26.8. The summed E-state index contributed by atoms with van der Waals surface area (Å²) in [7, 11) is 0. The highest BCUT2D eigenvalue weighted by Crippen LogP contribution is 2.28. The lowest BCUT2D eigenvalue weighted by Crippen LogP contribution is -2.46. The molecule has 92 valence electrons. The zero-order valence-corrected chi connectivity index (χ0v) is 11.2. The number of likely N-dealkylation sites (tertiary alicyclic amines) is 1. The van der Waals surface area contributed by atoms with Crippen LogP contribution in [0.15, 0.2) is 0 Å². The van der Waals surface area contributed by atoms with E-state index in [1.54, 1.807) is 0 Å². The molecule has 0 spiro atoms. The molecule has 1 aliphatic heterocycles. The first-order chi connectivity index (χ1) is 7.52. The van der Waals surface area contributed by atoms with Gasteiger partial charge in [-0.15, -0.1) is 0 Å². The van der Waals surface area contributed by atoms with Gasteiger partial charge in [0.05, 0.1) is 10.9 Å². The van der Waals surface area contributed by atoms with Crippen LogP contribution in [0.4, 0.5) is 0 Å². The minimum Gasteiger partial charge on any atom is -0.393 e. The second-order valence-electron chi connectivity index (χ2n) is 4.60. The Morgan fingerprint density at radius 3 is 2.56 bits per heavy atom. The summed E-state index contributed by atoms with van der Waals surface area (Å²) >= 11 is 4.97. The Hall–Kier alpha value is -0.640. The van der Waals surface area contributed by atoms with Crippen LogP contribution < -0.4 is 5.73 Å². The van der Waals surface area contributed by atoms with Crippen molar-refractivity contribution in [3.63, 3.8) is 0 Å². The summed E-state index contributed by atoms with van der Waals surface area (Å²) in [6.07, 6.45) is 3.92. The molecule has 0 aromatic heterocycles. The van der Waals surface area contributed by atoms with Crippen LogP contribution in [0.25, 0.3) is 0 Å². The number of rotatable bonds is 4. The standard InChI is InChI=1S/C12H22N2OS/c1-4-9-7-6-8(3)14(9)12(15)10(5-2)11(13)16/h8-10H,4-7H2,1-3H3,(H2,13,16). The van der Waals surface area contributed by atoms with E-state index in [2.05, 4.69) is 13.8 Å². The molecule has 0 aliphatic carbocycles. The van der Waals surface area contributed by atoms with E-state index in [1.807, 2.05) is 11.8 Å². The number of carbonyl (C=O) groups excluding carboxylic acids is 1. The summed E-state index contributed by atoms with van der Waals surface area (Å²) in [6, 6.07) is 0.715. The van der Waals surface area contributed by atoms with Crippen LogP contribution in [0.3, 0.4) is 0 Å².